The average Bonchev–Trinajstić information content (AvgIpc) is 2.52. The van der Waals surface area contributed by atoms with E-state index in [1.807, 2.05) is 32.0 Å². The summed E-state index contributed by atoms with van der Waals surface area (Å²) >= 11 is 0. The molecule has 2 rings (SSSR count). The molecule has 128 valence electrons. The van der Waals surface area contributed by atoms with E-state index in [0.717, 1.165) is 16.8 Å². The zero-order chi connectivity index (χ0) is 17.7. The van der Waals surface area contributed by atoms with Crippen LogP contribution in [0.5, 0.6) is 0 Å². The van der Waals surface area contributed by atoms with Crippen molar-refractivity contribution in [2.75, 3.05) is 11.9 Å². The molecule has 0 aromatic heterocycles. The predicted molar refractivity (Wildman–Crippen MR) is 96.5 cm³/mol. The number of anilines is 1. The van der Waals surface area contributed by atoms with Crippen LogP contribution in [0.25, 0.3) is 0 Å². The van der Waals surface area contributed by atoms with Gasteiger partial charge in [0.1, 0.15) is 5.82 Å². The Morgan fingerprint density at radius 3 is 2.33 bits per heavy atom. The van der Waals surface area contributed by atoms with Gasteiger partial charge in [0.2, 0.25) is 5.91 Å². The van der Waals surface area contributed by atoms with Crippen LogP contribution >= 0.6 is 0 Å². The minimum Gasteiger partial charge on any atom is -0.325 e. The van der Waals surface area contributed by atoms with Crippen molar-refractivity contribution in [3.8, 4) is 0 Å². The van der Waals surface area contributed by atoms with Gasteiger partial charge in [-0.1, -0.05) is 43.7 Å². The van der Waals surface area contributed by atoms with Crippen molar-refractivity contribution >= 4 is 11.6 Å². The zero-order valence-corrected chi connectivity index (χ0v) is 14.7. The molecule has 0 spiro atoms. The minimum atomic E-state index is -0.256. The summed E-state index contributed by atoms with van der Waals surface area (Å²) in [6, 6.07) is 12.3. The molecule has 0 saturated heterocycles. The van der Waals surface area contributed by atoms with Crippen molar-refractivity contribution < 1.29 is 9.18 Å². The molecule has 4 heteroatoms. The number of nitrogens with one attached hydrogen (secondary N) is 2. The molecule has 0 fully saturated rings. The van der Waals surface area contributed by atoms with Crippen LogP contribution in [0.1, 0.15) is 36.6 Å². The molecule has 0 heterocycles. The lowest BCUT2D eigenvalue weighted by Crippen LogP contribution is -2.33. The monoisotopic (exact) mass is 328 g/mol. The lowest BCUT2D eigenvalue weighted by atomic mass is 9.96. The molecule has 2 N–H and O–H groups in total. The lowest BCUT2D eigenvalue weighted by molar-refractivity contribution is -0.115. The fourth-order valence-corrected chi connectivity index (χ4v) is 2.76. The summed E-state index contributed by atoms with van der Waals surface area (Å²) < 4.78 is 13.1. The molecule has 1 amide bonds. The zero-order valence-electron chi connectivity index (χ0n) is 14.7. The van der Waals surface area contributed by atoms with Gasteiger partial charge in [0.05, 0.1) is 6.54 Å². The van der Waals surface area contributed by atoms with Crippen molar-refractivity contribution in [3.63, 3.8) is 0 Å². The molecule has 1 atom stereocenters. The van der Waals surface area contributed by atoms with E-state index < -0.39 is 0 Å². The summed E-state index contributed by atoms with van der Waals surface area (Å²) in [5.74, 6) is -0.0621. The molecule has 0 aliphatic heterocycles. The van der Waals surface area contributed by atoms with Gasteiger partial charge in [-0.3, -0.25) is 4.79 Å². The number of carbonyl (C=O) groups is 1. The first-order valence-electron chi connectivity index (χ1n) is 8.22. The van der Waals surface area contributed by atoms with Crippen molar-refractivity contribution in [1.82, 2.24) is 5.32 Å². The Balaban J connectivity index is 1.98. The number of rotatable bonds is 6. The van der Waals surface area contributed by atoms with Crippen LogP contribution < -0.4 is 10.6 Å². The van der Waals surface area contributed by atoms with E-state index >= 15 is 0 Å². The van der Waals surface area contributed by atoms with Gasteiger partial charge in [-0.15, -0.1) is 0 Å². The molecule has 3 nitrogen and oxygen atoms in total. The Bertz CT molecular complexity index is 695. The van der Waals surface area contributed by atoms with E-state index in [1.165, 1.54) is 17.7 Å². The topological polar surface area (TPSA) is 41.1 Å². The van der Waals surface area contributed by atoms with Crippen LogP contribution in [0.3, 0.4) is 0 Å². The lowest BCUT2D eigenvalue weighted by Gasteiger charge is -2.23. The number of amides is 1. The first-order valence-corrected chi connectivity index (χ1v) is 8.22. The van der Waals surface area contributed by atoms with Gasteiger partial charge in [-0.05, 0) is 49.1 Å². The van der Waals surface area contributed by atoms with Gasteiger partial charge in [0, 0.05) is 11.7 Å². The van der Waals surface area contributed by atoms with E-state index in [9.17, 15) is 9.18 Å². The Labute approximate surface area is 143 Å². The Kier molecular flexibility index (Phi) is 6.10. The second kappa shape index (κ2) is 8.06. The smallest absolute Gasteiger partial charge is 0.238 e. The van der Waals surface area contributed by atoms with Crippen LogP contribution in [0, 0.1) is 25.6 Å². The molecule has 0 unspecified atom stereocenters. The highest BCUT2D eigenvalue weighted by Crippen LogP contribution is 2.22. The molecule has 0 bridgehead atoms. The van der Waals surface area contributed by atoms with Crippen LogP contribution in [0.4, 0.5) is 10.1 Å². The Morgan fingerprint density at radius 1 is 1.08 bits per heavy atom. The Morgan fingerprint density at radius 2 is 1.75 bits per heavy atom. The summed E-state index contributed by atoms with van der Waals surface area (Å²) in [6.07, 6.45) is 0. The van der Waals surface area contributed by atoms with Gasteiger partial charge in [-0.2, -0.15) is 0 Å². The van der Waals surface area contributed by atoms with Gasteiger partial charge < -0.3 is 10.6 Å². The molecule has 0 saturated carbocycles. The highest BCUT2D eigenvalue weighted by Gasteiger charge is 2.17. The third-order valence-corrected chi connectivity index (χ3v) is 4.03. The summed E-state index contributed by atoms with van der Waals surface area (Å²) in [6.45, 7) is 8.35. The summed E-state index contributed by atoms with van der Waals surface area (Å²) in [5, 5.41) is 6.20. The second-order valence-corrected chi connectivity index (χ2v) is 6.52. The molecule has 0 aliphatic rings. The van der Waals surface area contributed by atoms with E-state index in [4.69, 9.17) is 0 Å². The highest BCUT2D eigenvalue weighted by molar-refractivity contribution is 5.93. The van der Waals surface area contributed by atoms with Gasteiger partial charge in [0.25, 0.3) is 0 Å². The summed E-state index contributed by atoms with van der Waals surface area (Å²) in [5.41, 5.74) is 4.02. The predicted octanol–water partition coefficient (Wildman–Crippen LogP) is 4.37. The highest BCUT2D eigenvalue weighted by atomic mass is 19.1. The number of hydrogen-bond acceptors (Lipinski definition) is 2. The van der Waals surface area contributed by atoms with Crippen molar-refractivity contribution in [2.24, 2.45) is 5.92 Å². The van der Waals surface area contributed by atoms with Crippen LogP contribution in [0.15, 0.2) is 42.5 Å². The van der Waals surface area contributed by atoms with Crippen molar-refractivity contribution in [1.29, 1.82) is 0 Å². The number of benzene rings is 2. The number of aryl methyl sites for hydroxylation is 2. The maximum Gasteiger partial charge on any atom is 0.238 e. The quantitative estimate of drug-likeness (QED) is 0.827. The molecule has 2 aromatic carbocycles. The standard InChI is InChI=1S/C20H25FN2O/c1-13(2)20(16-6-8-17(21)9-7-16)22-12-19(24)23-18-10-5-14(3)11-15(18)4/h5-11,13,20,22H,12H2,1-4H3,(H,23,24)/t20-/m0/s1. The number of halogens is 1. The van der Waals surface area contributed by atoms with Crippen LogP contribution in [-0.4, -0.2) is 12.5 Å². The summed E-state index contributed by atoms with van der Waals surface area (Å²) in [4.78, 5) is 12.2. The van der Waals surface area contributed by atoms with E-state index in [2.05, 4.69) is 24.5 Å². The second-order valence-electron chi connectivity index (χ2n) is 6.52. The first-order chi connectivity index (χ1) is 11.4. The fourth-order valence-electron chi connectivity index (χ4n) is 2.76. The fraction of sp³-hybridized carbons (Fsp3) is 0.350. The van der Waals surface area contributed by atoms with Gasteiger partial charge in [0.15, 0.2) is 0 Å². The molecule has 2 aromatic rings. The van der Waals surface area contributed by atoms with E-state index in [-0.39, 0.29) is 30.2 Å². The third kappa shape index (κ3) is 4.90. The van der Waals surface area contributed by atoms with Gasteiger partial charge >= 0.3 is 0 Å². The minimum absolute atomic E-state index is 0.00420. The number of carbonyl (C=O) groups excluding carboxylic acids is 1. The Hall–Kier alpha value is -2.20. The van der Waals surface area contributed by atoms with Crippen molar-refractivity contribution in [3.05, 3.63) is 65.0 Å². The van der Waals surface area contributed by atoms with Crippen molar-refractivity contribution in [2.45, 2.75) is 33.7 Å². The summed E-state index contributed by atoms with van der Waals surface area (Å²) in [7, 11) is 0. The molecule has 0 radical (unpaired) electrons. The third-order valence-electron chi connectivity index (χ3n) is 4.03. The molecule has 24 heavy (non-hydrogen) atoms. The maximum absolute atomic E-state index is 13.1. The van der Waals surface area contributed by atoms with E-state index in [0.29, 0.717) is 0 Å². The molecule has 0 aliphatic carbocycles. The SMILES string of the molecule is Cc1ccc(NC(=O)CN[C@H](c2ccc(F)cc2)C(C)C)c(C)c1. The normalized spacial score (nSPS) is 12.2. The first kappa shape index (κ1) is 18.1. The van der Waals surface area contributed by atoms with E-state index in [1.54, 1.807) is 12.1 Å². The van der Waals surface area contributed by atoms with Crippen LogP contribution in [0.2, 0.25) is 0 Å². The largest absolute Gasteiger partial charge is 0.325 e. The molecular weight excluding hydrogens is 303 g/mol. The van der Waals surface area contributed by atoms with Gasteiger partial charge in [-0.25, -0.2) is 4.39 Å². The number of hydrogen-bond donors (Lipinski definition) is 2. The maximum atomic E-state index is 13.1. The average molecular weight is 328 g/mol. The van der Waals surface area contributed by atoms with Crippen LogP contribution in [-0.2, 0) is 4.79 Å². The molecular formula is C20H25FN2O.